The molecule has 0 spiro atoms. The van der Waals surface area contributed by atoms with Crippen LogP contribution in [0.4, 0.5) is 0 Å². The highest BCUT2D eigenvalue weighted by atomic mass is 32.1. The van der Waals surface area contributed by atoms with Crippen LogP contribution in [0.3, 0.4) is 0 Å². The van der Waals surface area contributed by atoms with Crippen molar-refractivity contribution in [3.05, 3.63) is 52.1 Å². The number of rotatable bonds is 8. The van der Waals surface area contributed by atoms with E-state index in [-0.39, 0.29) is 30.5 Å². The largest absolute Gasteiger partial charge is 0.461 e. The summed E-state index contributed by atoms with van der Waals surface area (Å²) in [6.45, 7) is 3.22. The van der Waals surface area contributed by atoms with Gasteiger partial charge < -0.3 is 19.8 Å². The van der Waals surface area contributed by atoms with E-state index >= 15 is 0 Å². The minimum absolute atomic E-state index is 0.0985. The number of hydrogen-bond donors (Lipinski definition) is 2. The predicted molar refractivity (Wildman–Crippen MR) is 107 cm³/mol. The molecule has 0 saturated carbocycles. The van der Waals surface area contributed by atoms with Crippen LogP contribution in [0.2, 0.25) is 0 Å². The Hall–Kier alpha value is -3.20. The van der Waals surface area contributed by atoms with Crippen LogP contribution in [0.5, 0.6) is 0 Å². The second-order valence-electron chi connectivity index (χ2n) is 6.29. The number of aromatic amines is 1. The fourth-order valence-electron chi connectivity index (χ4n) is 2.86. The number of amides is 1. The highest BCUT2D eigenvalue weighted by Crippen LogP contribution is 2.20. The molecule has 3 rings (SSSR count). The smallest absolute Gasteiger partial charge is 0.367 e. The van der Waals surface area contributed by atoms with E-state index < -0.39 is 18.0 Å². The van der Waals surface area contributed by atoms with E-state index in [1.54, 1.807) is 12.3 Å². The lowest BCUT2D eigenvalue weighted by Gasteiger charge is -2.16. The van der Waals surface area contributed by atoms with Crippen LogP contribution in [0.1, 0.15) is 34.9 Å². The Morgan fingerprint density at radius 2 is 2.03 bits per heavy atom. The van der Waals surface area contributed by atoms with Gasteiger partial charge in [0.1, 0.15) is 12.6 Å². The fourth-order valence-corrected chi connectivity index (χ4v) is 3.56. The number of para-hydroxylation sites is 1. The molecule has 0 aliphatic heterocycles. The maximum absolute atomic E-state index is 12.6. The molecule has 9 heteroatoms. The monoisotopic (exact) mass is 415 g/mol. The lowest BCUT2D eigenvalue weighted by Crippen LogP contribution is -2.42. The first kappa shape index (κ1) is 20.5. The van der Waals surface area contributed by atoms with E-state index in [0.29, 0.717) is 5.69 Å². The Labute approximate surface area is 171 Å². The fraction of sp³-hybridized carbons (Fsp3) is 0.300. The van der Waals surface area contributed by atoms with Crippen molar-refractivity contribution >= 4 is 40.1 Å². The van der Waals surface area contributed by atoms with E-state index in [1.807, 2.05) is 30.5 Å². The molecule has 2 aromatic heterocycles. The van der Waals surface area contributed by atoms with Crippen LogP contribution in [-0.2, 0) is 32.1 Å². The van der Waals surface area contributed by atoms with E-state index in [2.05, 4.69) is 15.3 Å². The zero-order valence-electron chi connectivity index (χ0n) is 16.1. The van der Waals surface area contributed by atoms with Gasteiger partial charge in [-0.25, -0.2) is 14.6 Å². The second-order valence-corrected chi connectivity index (χ2v) is 7.15. The third-order valence-electron chi connectivity index (χ3n) is 4.13. The number of H-pyrrole nitrogens is 1. The molecule has 0 saturated heterocycles. The molecule has 152 valence electrons. The third-order valence-corrected chi connectivity index (χ3v) is 5.00. The molecule has 0 aliphatic rings. The number of nitrogens with zero attached hydrogens (tertiary/aromatic N) is 1. The molecule has 0 radical (unpaired) electrons. The van der Waals surface area contributed by atoms with Gasteiger partial charge in [0, 0.05) is 35.8 Å². The van der Waals surface area contributed by atoms with Crippen molar-refractivity contribution in [2.24, 2.45) is 0 Å². The van der Waals surface area contributed by atoms with Gasteiger partial charge in [0.25, 0.3) is 0 Å². The number of esters is 2. The number of fused-ring (bicyclic) bond motifs is 1. The van der Waals surface area contributed by atoms with E-state index in [1.165, 1.54) is 6.92 Å². The molecule has 2 heterocycles. The molecule has 0 fully saturated rings. The maximum Gasteiger partial charge on any atom is 0.367 e. The van der Waals surface area contributed by atoms with Crippen molar-refractivity contribution in [3.8, 4) is 0 Å². The Kier molecular flexibility index (Phi) is 6.61. The topological polar surface area (TPSA) is 110 Å². The highest BCUT2D eigenvalue weighted by molar-refractivity contribution is 7.11. The molecule has 1 atom stereocenters. The lowest BCUT2D eigenvalue weighted by atomic mass is 10.0. The van der Waals surface area contributed by atoms with Crippen LogP contribution in [-0.4, -0.2) is 40.5 Å². The number of carbonyl (C=O) groups excluding carboxylic acids is 3. The van der Waals surface area contributed by atoms with Crippen molar-refractivity contribution in [2.75, 3.05) is 6.61 Å². The Balaban J connectivity index is 1.66. The van der Waals surface area contributed by atoms with Crippen molar-refractivity contribution in [2.45, 2.75) is 32.9 Å². The van der Waals surface area contributed by atoms with Crippen LogP contribution in [0, 0.1) is 0 Å². The van der Waals surface area contributed by atoms with Gasteiger partial charge in [0.15, 0.2) is 0 Å². The van der Waals surface area contributed by atoms with Crippen molar-refractivity contribution in [3.63, 3.8) is 0 Å². The molecule has 0 unspecified atom stereocenters. The average molecular weight is 415 g/mol. The predicted octanol–water partition coefficient (Wildman–Crippen LogP) is 2.59. The number of benzene rings is 1. The van der Waals surface area contributed by atoms with Crippen molar-refractivity contribution in [1.82, 2.24) is 15.3 Å². The second kappa shape index (κ2) is 9.33. The number of nitrogens with one attached hydrogen (secondary N) is 2. The summed E-state index contributed by atoms with van der Waals surface area (Å²) in [4.78, 5) is 43.1. The minimum atomic E-state index is -0.838. The minimum Gasteiger partial charge on any atom is -0.461 e. The Morgan fingerprint density at radius 1 is 1.24 bits per heavy atom. The van der Waals surface area contributed by atoms with Gasteiger partial charge >= 0.3 is 11.9 Å². The molecule has 2 N–H and O–H groups in total. The zero-order valence-corrected chi connectivity index (χ0v) is 16.9. The van der Waals surface area contributed by atoms with Gasteiger partial charge in [-0.15, -0.1) is 11.3 Å². The SMILES string of the molecule is CCOC(=O)c1nc(COC(=O)[C@H](Cc2c[nH]c3ccccc23)NC(C)=O)cs1. The third kappa shape index (κ3) is 5.20. The van der Waals surface area contributed by atoms with Gasteiger partial charge in [-0.05, 0) is 18.6 Å². The van der Waals surface area contributed by atoms with Crippen LogP contribution < -0.4 is 5.32 Å². The Morgan fingerprint density at radius 3 is 2.79 bits per heavy atom. The maximum atomic E-state index is 12.6. The molecule has 3 aromatic rings. The molecule has 0 aliphatic carbocycles. The van der Waals surface area contributed by atoms with Crippen molar-refractivity contribution < 1.29 is 23.9 Å². The summed E-state index contributed by atoms with van der Waals surface area (Å²) in [5.41, 5.74) is 2.29. The molecular weight excluding hydrogens is 394 g/mol. The quantitative estimate of drug-likeness (QED) is 0.547. The molecular formula is C20H21N3O5S. The van der Waals surface area contributed by atoms with Crippen molar-refractivity contribution in [1.29, 1.82) is 0 Å². The number of thiazole rings is 1. The van der Waals surface area contributed by atoms with Crippen LogP contribution in [0.25, 0.3) is 10.9 Å². The zero-order chi connectivity index (χ0) is 20.8. The molecule has 29 heavy (non-hydrogen) atoms. The van der Waals surface area contributed by atoms with E-state index in [9.17, 15) is 14.4 Å². The highest BCUT2D eigenvalue weighted by Gasteiger charge is 2.23. The lowest BCUT2D eigenvalue weighted by molar-refractivity contribution is -0.149. The van der Waals surface area contributed by atoms with Gasteiger partial charge in [0.2, 0.25) is 10.9 Å². The molecule has 8 nitrogen and oxygen atoms in total. The van der Waals surface area contributed by atoms with Gasteiger partial charge in [-0.1, -0.05) is 18.2 Å². The molecule has 1 aromatic carbocycles. The molecule has 0 bridgehead atoms. The molecule has 1 amide bonds. The summed E-state index contributed by atoms with van der Waals surface area (Å²) >= 11 is 1.12. The number of ether oxygens (including phenoxy) is 2. The number of hydrogen-bond acceptors (Lipinski definition) is 7. The van der Waals surface area contributed by atoms with Crippen LogP contribution in [0.15, 0.2) is 35.8 Å². The summed E-state index contributed by atoms with van der Waals surface area (Å²) in [6, 6.07) is 6.88. The Bertz CT molecular complexity index is 1030. The van der Waals surface area contributed by atoms with E-state index in [0.717, 1.165) is 27.8 Å². The van der Waals surface area contributed by atoms with E-state index in [4.69, 9.17) is 9.47 Å². The number of aromatic nitrogens is 2. The summed E-state index contributed by atoms with van der Waals surface area (Å²) in [5.74, 6) is -1.41. The van der Waals surface area contributed by atoms with Gasteiger partial charge in [-0.3, -0.25) is 4.79 Å². The summed E-state index contributed by atoms with van der Waals surface area (Å²) in [5, 5.41) is 5.46. The summed E-state index contributed by atoms with van der Waals surface area (Å²) in [7, 11) is 0. The van der Waals surface area contributed by atoms with Crippen LogP contribution >= 0.6 is 11.3 Å². The summed E-state index contributed by atoms with van der Waals surface area (Å²) < 4.78 is 10.2. The first-order valence-electron chi connectivity index (χ1n) is 9.08. The first-order valence-corrected chi connectivity index (χ1v) is 9.96. The number of carbonyl (C=O) groups is 3. The summed E-state index contributed by atoms with van der Waals surface area (Å²) in [6.07, 6.45) is 2.10. The normalized spacial score (nSPS) is 11.8. The first-order chi connectivity index (χ1) is 14.0. The van der Waals surface area contributed by atoms with Gasteiger partial charge in [-0.2, -0.15) is 0 Å². The average Bonchev–Trinajstić information content (AvgIpc) is 3.33. The van der Waals surface area contributed by atoms with Gasteiger partial charge in [0.05, 0.1) is 12.3 Å². The standard InChI is InChI=1S/C20H21N3O5S/c1-3-27-20(26)18-23-14(11-29-18)10-28-19(25)17(22-12(2)24)8-13-9-21-16-7-5-4-6-15(13)16/h4-7,9,11,17,21H,3,8,10H2,1-2H3,(H,22,24)/t17-/m0/s1.